The third-order valence-electron chi connectivity index (χ3n) is 3.90. The van der Waals surface area contributed by atoms with E-state index in [-0.39, 0.29) is 15.5 Å². The fourth-order valence-electron chi connectivity index (χ4n) is 2.65. The highest BCUT2D eigenvalue weighted by molar-refractivity contribution is 7.89. The minimum atomic E-state index is -3.57. The largest absolute Gasteiger partial charge is 0.319 e. The minimum Gasteiger partial charge on any atom is -0.319 e. The van der Waals surface area contributed by atoms with Gasteiger partial charge in [-0.3, -0.25) is 4.79 Å². The van der Waals surface area contributed by atoms with Crippen molar-refractivity contribution in [2.24, 2.45) is 0 Å². The second-order valence-corrected chi connectivity index (χ2v) is 8.74. The smallest absolute Gasteiger partial charge is 0.265 e. The SMILES string of the molecule is Cc1sc(C(=O)Nc2ccccc2F)cc1S(=O)(=O)N1CCCC1. The summed E-state index contributed by atoms with van der Waals surface area (Å²) in [5.41, 5.74) is 0.0671. The number of sulfonamides is 1. The summed E-state index contributed by atoms with van der Waals surface area (Å²) in [5.74, 6) is -1.06. The number of benzene rings is 1. The molecular weight excluding hydrogens is 351 g/mol. The summed E-state index contributed by atoms with van der Waals surface area (Å²) >= 11 is 1.09. The Bertz CT molecular complexity index is 871. The van der Waals surface area contributed by atoms with Gasteiger partial charge >= 0.3 is 0 Å². The van der Waals surface area contributed by atoms with Crippen LogP contribution in [0.3, 0.4) is 0 Å². The van der Waals surface area contributed by atoms with Crippen molar-refractivity contribution in [3.05, 3.63) is 45.9 Å². The molecule has 0 unspecified atom stereocenters. The van der Waals surface area contributed by atoms with Gasteiger partial charge in [0.2, 0.25) is 10.0 Å². The van der Waals surface area contributed by atoms with Crippen molar-refractivity contribution in [1.29, 1.82) is 0 Å². The molecule has 24 heavy (non-hydrogen) atoms. The number of carbonyl (C=O) groups excluding carboxylic acids is 1. The highest BCUT2D eigenvalue weighted by Crippen LogP contribution is 2.30. The first-order valence-corrected chi connectivity index (χ1v) is 9.82. The fraction of sp³-hybridized carbons (Fsp3) is 0.312. The van der Waals surface area contributed by atoms with E-state index in [1.165, 1.54) is 28.6 Å². The van der Waals surface area contributed by atoms with Gasteiger partial charge in [0.05, 0.1) is 15.5 Å². The maximum Gasteiger partial charge on any atom is 0.265 e. The molecule has 1 N–H and O–H groups in total. The molecule has 8 heteroatoms. The predicted molar refractivity (Wildman–Crippen MR) is 91.4 cm³/mol. The fourth-order valence-corrected chi connectivity index (χ4v) is 5.62. The molecule has 0 bridgehead atoms. The van der Waals surface area contributed by atoms with Crippen LogP contribution < -0.4 is 5.32 Å². The van der Waals surface area contributed by atoms with Crippen molar-refractivity contribution in [2.75, 3.05) is 18.4 Å². The molecule has 3 rings (SSSR count). The maximum absolute atomic E-state index is 13.6. The van der Waals surface area contributed by atoms with Crippen LogP contribution in [0.25, 0.3) is 0 Å². The summed E-state index contributed by atoms with van der Waals surface area (Å²) in [4.78, 5) is 13.3. The van der Waals surface area contributed by atoms with Gasteiger partial charge in [-0.15, -0.1) is 11.3 Å². The van der Waals surface area contributed by atoms with Crippen LogP contribution >= 0.6 is 11.3 Å². The second kappa shape index (κ2) is 6.62. The molecule has 1 aliphatic heterocycles. The standard InChI is InChI=1S/C16H17FN2O3S2/c1-11-15(24(21,22)19-8-4-5-9-19)10-14(23-11)16(20)18-13-7-3-2-6-12(13)17/h2-3,6-7,10H,4-5,8-9H2,1H3,(H,18,20). The Morgan fingerprint density at radius 2 is 1.92 bits per heavy atom. The summed E-state index contributed by atoms with van der Waals surface area (Å²) in [6, 6.07) is 7.22. The summed E-state index contributed by atoms with van der Waals surface area (Å²) in [5, 5.41) is 2.48. The number of anilines is 1. The third kappa shape index (κ3) is 3.22. The molecule has 2 heterocycles. The molecule has 0 atom stereocenters. The summed E-state index contributed by atoms with van der Waals surface area (Å²) in [6.07, 6.45) is 1.70. The van der Waals surface area contributed by atoms with E-state index in [2.05, 4.69) is 5.32 Å². The van der Waals surface area contributed by atoms with Gasteiger partial charge in [-0.25, -0.2) is 12.8 Å². The Morgan fingerprint density at radius 1 is 1.25 bits per heavy atom. The number of aryl methyl sites for hydroxylation is 1. The summed E-state index contributed by atoms with van der Waals surface area (Å²) in [6.45, 7) is 2.69. The van der Waals surface area contributed by atoms with Gasteiger partial charge < -0.3 is 5.32 Å². The Hall–Kier alpha value is -1.77. The highest BCUT2D eigenvalue weighted by atomic mass is 32.2. The molecule has 2 aromatic rings. The third-order valence-corrected chi connectivity index (χ3v) is 7.10. The van der Waals surface area contributed by atoms with Crippen LogP contribution in [0.5, 0.6) is 0 Å². The second-order valence-electron chi connectivity index (χ2n) is 5.58. The molecule has 1 fully saturated rings. The molecule has 1 aromatic carbocycles. The molecule has 1 aliphatic rings. The Morgan fingerprint density at radius 3 is 2.58 bits per heavy atom. The first kappa shape index (κ1) is 17.1. The molecule has 1 saturated heterocycles. The molecule has 128 valence electrons. The molecule has 0 aliphatic carbocycles. The zero-order valence-electron chi connectivity index (χ0n) is 13.1. The van der Waals surface area contributed by atoms with E-state index in [4.69, 9.17) is 0 Å². The van der Waals surface area contributed by atoms with E-state index in [1.54, 1.807) is 13.0 Å². The number of nitrogens with one attached hydrogen (secondary N) is 1. The van der Waals surface area contributed by atoms with Crippen molar-refractivity contribution in [3.8, 4) is 0 Å². The van der Waals surface area contributed by atoms with E-state index < -0.39 is 21.7 Å². The average molecular weight is 368 g/mol. The summed E-state index contributed by atoms with van der Waals surface area (Å²) in [7, 11) is -3.57. The first-order chi connectivity index (χ1) is 11.4. The maximum atomic E-state index is 13.6. The van der Waals surface area contributed by atoms with Gasteiger partial charge in [0.1, 0.15) is 5.82 Å². The number of hydrogen-bond donors (Lipinski definition) is 1. The van der Waals surface area contributed by atoms with Gasteiger partial charge in [-0.05, 0) is 38.0 Å². The minimum absolute atomic E-state index is 0.0671. The molecule has 0 spiro atoms. The van der Waals surface area contributed by atoms with Crippen molar-refractivity contribution in [1.82, 2.24) is 4.31 Å². The average Bonchev–Trinajstić information content (AvgIpc) is 3.19. The van der Waals surface area contributed by atoms with Crippen molar-refractivity contribution >= 4 is 33.0 Å². The Balaban J connectivity index is 1.86. The van der Waals surface area contributed by atoms with Crippen molar-refractivity contribution in [3.63, 3.8) is 0 Å². The van der Waals surface area contributed by atoms with Gasteiger partial charge in [0.25, 0.3) is 5.91 Å². The van der Waals surface area contributed by atoms with Crippen LogP contribution in [0.2, 0.25) is 0 Å². The molecule has 1 aromatic heterocycles. The Kier molecular flexibility index (Phi) is 4.71. The van der Waals surface area contributed by atoms with E-state index in [0.717, 1.165) is 24.2 Å². The number of thiophene rings is 1. The number of para-hydroxylation sites is 1. The lowest BCUT2D eigenvalue weighted by molar-refractivity contribution is 0.103. The normalized spacial score (nSPS) is 15.6. The lowest BCUT2D eigenvalue weighted by Crippen LogP contribution is -2.28. The number of amides is 1. The summed E-state index contributed by atoms with van der Waals surface area (Å²) < 4.78 is 40.4. The van der Waals surface area contributed by atoms with E-state index >= 15 is 0 Å². The van der Waals surface area contributed by atoms with Gasteiger partial charge in [-0.2, -0.15) is 4.31 Å². The lowest BCUT2D eigenvalue weighted by Gasteiger charge is -2.14. The number of halogens is 1. The zero-order chi connectivity index (χ0) is 17.3. The quantitative estimate of drug-likeness (QED) is 0.901. The number of rotatable bonds is 4. The van der Waals surface area contributed by atoms with Crippen LogP contribution in [0, 0.1) is 12.7 Å². The molecular formula is C16H17FN2O3S2. The van der Waals surface area contributed by atoms with Crippen molar-refractivity contribution in [2.45, 2.75) is 24.7 Å². The van der Waals surface area contributed by atoms with E-state index in [1.807, 2.05) is 0 Å². The van der Waals surface area contributed by atoms with Gasteiger partial charge in [-0.1, -0.05) is 12.1 Å². The number of hydrogen-bond acceptors (Lipinski definition) is 4. The van der Waals surface area contributed by atoms with Crippen LogP contribution in [-0.4, -0.2) is 31.7 Å². The van der Waals surface area contributed by atoms with Crippen LogP contribution in [0.1, 0.15) is 27.4 Å². The van der Waals surface area contributed by atoms with Crippen LogP contribution in [0.4, 0.5) is 10.1 Å². The molecule has 1 amide bonds. The zero-order valence-corrected chi connectivity index (χ0v) is 14.7. The lowest BCUT2D eigenvalue weighted by atomic mass is 10.3. The van der Waals surface area contributed by atoms with E-state index in [9.17, 15) is 17.6 Å². The van der Waals surface area contributed by atoms with Gasteiger partial charge in [0.15, 0.2) is 0 Å². The molecule has 0 radical (unpaired) electrons. The number of carbonyl (C=O) groups is 1. The predicted octanol–water partition coefficient (Wildman–Crippen LogP) is 3.23. The monoisotopic (exact) mass is 368 g/mol. The first-order valence-electron chi connectivity index (χ1n) is 7.56. The number of nitrogens with zero attached hydrogens (tertiary/aromatic N) is 1. The highest BCUT2D eigenvalue weighted by Gasteiger charge is 2.30. The molecule has 5 nitrogen and oxygen atoms in total. The molecule has 0 saturated carbocycles. The Labute approximate surface area is 144 Å². The topological polar surface area (TPSA) is 66.5 Å². The van der Waals surface area contributed by atoms with Crippen LogP contribution in [0.15, 0.2) is 35.2 Å². The van der Waals surface area contributed by atoms with Crippen molar-refractivity contribution < 1.29 is 17.6 Å². The van der Waals surface area contributed by atoms with Crippen LogP contribution in [-0.2, 0) is 10.0 Å². The van der Waals surface area contributed by atoms with E-state index in [0.29, 0.717) is 18.0 Å². The van der Waals surface area contributed by atoms with Gasteiger partial charge in [0, 0.05) is 18.0 Å².